The Balaban J connectivity index is 2.51. The van der Waals surface area contributed by atoms with Crippen molar-refractivity contribution in [2.75, 3.05) is 17.7 Å². The van der Waals surface area contributed by atoms with Gasteiger partial charge < -0.3 is 10.6 Å². The summed E-state index contributed by atoms with van der Waals surface area (Å²) in [6.45, 7) is 3.48. The fourth-order valence-corrected chi connectivity index (χ4v) is 3.51. The highest BCUT2D eigenvalue weighted by atomic mass is 32.2. The van der Waals surface area contributed by atoms with Crippen molar-refractivity contribution in [3.05, 3.63) is 17.7 Å². The number of benzene rings is 1. The Labute approximate surface area is 112 Å². The minimum absolute atomic E-state index is 0.0898. The molecule has 0 bridgehead atoms. The molecule has 0 aromatic heterocycles. The molecule has 0 fully saturated rings. The molecule has 0 atom stereocenters. The molecule has 0 saturated heterocycles. The van der Waals surface area contributed by atoms with Gasteiger partial charge in [0.15, 0.2) is 0 Å². The quantitative estimate of drug-likeness (QED) is 0.789. The molecule has 0 spiro atoms. The Hall–Kier alpha value is -1.60. The maximum absolute atomic E-state index is 12.1. The predicted octanol–water partition coefficient (Wildman–Crippen LogP) is 0.474. The lowest BCUT2D eigenvalue weighted by atomic mass is 10.1. The second kappa shape index (κ2) is 4.50. The van der Waals surface area contributed by atoms with Crippen LogP contribution in [-0.4, -0.2) is 27.4 Å². The van der Waals surface area contributed by atoms with E-state index in [0.717, 1.165) is 0 Å². The number of nitrogens with one attached hydrogen (secondary N) is 1. The van der Waals surface area contributed by atoms with E-state index in [1.807, 2.05) is 0 Å². The summed E-state index contributed by atoms with van der Waals surface area (Å²) in [5.41, 5.74) is 7.42. The van der Waals surface area contributed by atoms with Crippen molar-refractivity contribution in [2.45, 2.75) is 31.2 Å². The molecule has 7 heteroatoms. The zero-order valence-corrected chi connectivity index (χ0v) is 11.9. The summed E-state index contributed by atoms with van der Waals surface area (Å²) in [4.78, 5) is 13.2. The number of likely N-dealkylation sites (N-methyl/N-ethyl adjacent to an activating group) is 1. The number of hydrogen-bond donors (Lipinski definition) is 2. The maximum atomic E-state index is 12.1. The number of fused-ring (bicyclic) bond motifs is 1. The molecule has 1 aromatic carbocycles. The van der Waals surface area contributed by atoms with Crippen LogP contribution in [0.4, 0.5) is 11.4 Å². The minimum atomic E-state index is -3.60. The van der Waals surface area contributed by atoms with Crippen molar-refractivity contribution in [3.8, 4) is 0 Å². The number of carbonyl (C=O) groups is 1. The van der Waals surface area contributed by atoms with Crippen molar-refractivity contribution in [1.29, 1.82) is 0 Å². The number of rotatable bonds is 3. The average Bonchev–Trinajstić information content (AvgIpc) is 2.53. The first-order chi connectivity index (χ1) is 8.72. The topological polar surface area (TPSA) is 92.5 Å². The molecule has 0 radical (unpaired) electrons. The van der Waals surface area contributed by atoms with Gasteiger partial charge in [0.1, 0.15) is 0 Å². The van der Waals surface area contributed by atoms with Gasteiger partial charge in [0.05, 0.1) is 22.7 Å². The third-order valence-corrected chi connectivity index (χ3v) is 4.58. The summed E-state index contributed by atoms with van der Waals surface area (Å²) in [5, 5.41) is 0. The molecule has 104 valence electrons. The second-order valence-corrected chi connectivity index (χ2v) is 6.64. The third-order valence-electron chi connectivity index (χ3n) is 2.94. The molecule has 6 nitrogen and oxygen atoms in total. The molecule has 1 amide bonds. The van der Waals surface area contributed by atoms with Gasteiger partial charge in [0, 0.05) is 13.1 Å². The van der Waals surface area contributed by atoms with E-state index >= 15 is 0 Å². The standard InChI is InChI=1S/C12H17N3O3S/c1-7(2)14-19(17,18)9-4-8-5-11(16)15(3)12(8)10(13)6-9/h4,6-7,14H,5,13H2,1-3H3. The van der Waals surface area contributed by atoms with Crippen LogP contribution in [0.15, 0.2) is 17.0 Å². The highest BCUT2D eigenvalue weighted by molar-refractivity contribution is 7.89. The van der Waals surface area contributed by atoms with Gasteiger partial charge in [-0.15, -0.1) is 0 Å². The van der Waals surface area contributed by atoms with Crippen LogP contribution >= 0.6 is 0 Å². The van der Waals surface area contributed by atoms with Crippen molar-refractivity contribution >= 4 is 27.3 Å². The van der Waals surface area contributed by atoms with E-state index in [2.05, 4.69) is 4.72 Å². The van der Waals surface area contributed by atoms with E-state index in [1.165, 1.54) is 17.0 Å². The van der Waals surface area contributed by atoms with E-state index in [-0.39, 0.29) is 23.3 Å². The first kappa shape index (κ1) is 13.8. The zero-order valence-electron chi connectivity index (χ0n) is 11.1. The predicted molar refractivity (Wildman–Crippen MR) is 73.4 cm³/mol. The van der Waals surface area contributed by atoms with Gasteiger partial charge in [-0.05, 0) is 31.5 Å². The number of nitrogens with two attached hydrogens (primary N) is 1. The molecular formula is C12H17N3O3S. The molecule has 0 saturated carbocycles. The summed E-state index contributed by atoms with van der Waals surface area (Å²) in [7, 11) is -1.97. The Morgan fingerprint density at radius 1 is 1.37 bits per heavy atom. The second-order valence-electron chi connectivity index (χ2n) is 4.93. The fraction of sp³-hybridized carbons (Fsp3) is 0.417. The minimum Gasteiger partial charge on any atom is -0.397 e. The highest BCUT2D eigenvalue weighted by Crippen LogP contribution is 2.35. The number of nitrogens with zero attached hydrogens (tertiary/aromatic N) is 1. The molecule has 1 aromatic rings. The number of anilines is 2. The van der Waals surface area contributed by atoms with Gasteiger partial charge >= 0.3 is 0 Å². The fourth-order valence-electron chi connectivity index (χ4n) is 2.17. The third kappa shape index (κ3) is 2.43. The van der Waals surface area contributed by atoms with Gasteiger partial charge in [-0.3, -0.25) is 4.79 Å². The van der Waals surface area contributed by atoms with Crippen LogP contribution in [0.2, 0.25) is 0 Å². The first-order valence-corrected chi connectivity index (χ1v) is 7.42. The van der Waals surface area contributed by atoms with Crippen LogP contribution in [0.5, 0.6) is 0 Å². The maximum Gasteiger partial charge on any atom is 0.240 e. The van der Waals surface area contributed by atoms with Gasteiger partial charge in [-0.1, -0.05) is 0 Å². The highest BCUT2D eigenvalue weighted by Gasteiger charge is 2.29. The summed E-state index contributed by atoms with van der Waals surface area (Å²) < 4.78 is 26.7. The lowest BCUT2D eigenvalue weighted by molar-refractivity contribution is -0.117. The number of carbonyl (C=O) groups excluding carboxylic acids is 1. The average molecular weight is 283 g/mol. The molecule has 1 heterocycles. The van der Waals surface area contributed by atoms with Crippen LogP contribution in [0, 0.1) is 0 Å². The molecule has 2 rings (SSSR count). The SMILES string of the molecule is CC(C)NS(=O)(=O)c1cc(N)c2c(c1)CC(=O)N2C. The van der Waals surface area contributed by atoms with Gasteiger partial charge in [0.25, 0.3) is 0 Å². The molecule has 19 heavy (non-hydrogen) atoms. The number of hydrogen-bond acceptors (Lipinski definition) is 4. The Kier molecular flexibility index (Phi) is 3.27. The lowest BCUT2D eigenvalue weighted by Crippen LogP contribution is -2.30. The number of amides is 1. The Morgan fingerprint density at radius 3 is 2.58 bits per heavy atom. The van der Waals surface area contributed by atoms with Crippen LogP contribution in [-0.2, 0) is 21.2 Å². The van der Waals surface area contributed by atoms with Gasteiger partial charge in [-0.2, -0.15) is 0 Å². The van der Waals surface area contributed by atoms with Crippen LogP contribution < -0.4 is 15.4 Å². The number of nitrogen functional groups attached to an aromatic ring is 1. The van der Waals surface area contributed by atoms with Gasteiger partial charge in [0.2, 0.25) is 15.9 Å². The number of sulfonamides is 1. The zero-order chi connectivity index (χ0) is 14.4. The summed E-state index contributed by atoms with van der Waals surface area (Å²) in [5.74, 6) is -0.0898. The van der Waals surface area contributed by atoms with E-state index in [0.29, 0.717) is 16.9 Å². The van der Waals surface area contributed by atoms with E-state index in [4.69, 9.17) is 5.73 Å². The van der Waals surface area contributed by atoms with E-state index in [1.54, 1.807) is 20.9 Å². The molecular weight excluding hydrogens is 266 g/mol. The Morgan fingerprint density at radius 2 is 2.00 bits per heavy atom. The van der Waals surface area contributed by atoms with Crippen molar-refractivity contribution < 1.29 is 13.2 Å². The van der Waals surface area contributed by atoms with E-state index < -0.39 is 10.0 Å². The largest absolute Gasteiger partial charge is 0.397 e. The molecule has 1 aliphatic rings. The van der Waals surface area contributed by atoms with E-state index in [9.17, 15) is 13.2 Å². The molecule has 0 unspecified atom stereocenters. The normalized spacial score (nSPS) is 15.2. The van der Waals surface area contributed by atoms with Crippen molar-refractivity contribution in [2.24, 2.45) is 0 Å². The van der Waals surface area contributed by atoms with Crippen molar-refractivity contribution in [1.82, 2.24) is 4.72 Å². The van der Waals surface area contributed by atoms with Crippen LogP contribution in [0.3, 0.4) is 0 Å². The monoisotopic (exact) mass is 283 g/mol. The smallest absolute Gasteiger partial charge is 0.240 e. The summed E-state index contributed by atoms with van der Waals surface area (Å²) in [6, 6.07) is 2.69. The summed E-state index contributed by atoms with van der Waals surface area (Å²) >= 11 is 0. The molecule has 0 aliphatic carbocycles. The van der Waals surface area contributed by atoms with Crippen LogP contribution in [0.25, 0.3) is 0 Å². The van der Waals surface area contributed by atoms with Gasteiger partial charge in [-0.25, -0.2) is 13.1 Å². The first-order valence-electron chi connectivity index (χ1n) is 5.93. The molecule has 1 aliphatic heterocycles. The lowest BCUT2D eigenvalue weighted by Gasteiger charge is -2.15. The van der Waals surface area contributed by atoms with Crippen molar-refractivity contribution in [3.63, 3.8) is 0 Å². The van der Waals surface area contributed by atoms with Crippen LogP contribution in [0.1, 0.15) is 19.4 Å². The summed E-state index contributed by atoms with van der Waals surface area (Å²) in [6.07, 6.45) is 0.182. The molecule has 3 N–H and O–H groups in total. The Bertz CT molecular complexity index is 638.